The molecular formula is C10H8BrN3OS. The van der Waals surface area contributed by atoms with E-state index < -0.39 is 0 Å². The summed E-state index contributed by atoms with van der Waals surface area (Å²) in [6.45, 7) is 0. The second-order valence-electron chi connectivity index (χ2n) is 3.06. The third-order valence-electron chi connectivity index (χ3n) is 1.92. The van der Waals surface area contributed by atoms with E-state index in [-0.39, 0.29) is 5.91 Å². The van der Waals surface area contributed by atoms with Crippen molar-refractivity contribution in [1.82, 2.24) is 4.98 Å². The Morgan fingerprint density at radius 2 is 2.31 bits per heavy atom. The highest BCUT2D eigenvalue weighted by Crippen LogP contribution is 2.23. The molecule has 1 amide bonds. The van der Waals surface area contributed by atoms with Gasteiger partial charge in [-0.1, -0.05) is 0 Å². The number of anilines is 2. The Morgan fingerprint density at radius 3 is 2.94 bits per heavy atom. The highest BCUT2D eigenvalue weighted by atomic mass is 79.9. The van der Waals surface area contributed by atoms with Crippen LogP contribution in [0.5, 0.6) is 0 Å². The normalized spacial score (nSPS) is 10.1. The first-order chi connectivity index (χ1) is 7.66. The van der Waals surface area contributed by atoms with Crippen molar-refractivity contribution in [2.75, 3.05) is 11.1 Å². The predicted octanol–water partition coefficient (Wildman–Crippen LogP) is 2.74. The van der Waals surface area contributed by atoms with Crippen LogP contribution in [0.2, 0.25) is 0 Å². The van der Waals surface area contributed by atoms with Crippen molar-refractivity contribution in [3.63, 3.8) is 0 Å². The zero-order valence-electron chi connectivity index (χ0n) is 8.11. The number of hydrogen-bond acceptors (Lipinski definition) is 4. The topological polar surface area (TPSA) is 68.0 Å². The number of nitrogens with two attached hydrogens (primary N) is 1. The van der Waals surface area contributed by atoms with Crippen molar-refractivity contribution in [2.24, 2.45) is 0 Å². The number of carbonyl (C=O) groups excluding carboxylic acids is 1. The number of nitrogens with zero attached hydrogens (tertiary/aromatic N) is 1. The molecule has 1 heterocycles. The molecule has 0 spiro atoms. The van der Waals surface area contributed by atoms with Crippen molar-refractivity contribution >= 4 is 44.5 Å². The molecule has 0 saturated heterocycles. The van der Waals surface area contributed by atoms with Crippen molar-refractivity contribution in [3.05, 3.63) is 39.3 Å². The summed E-state index contributed by atoms with van der Waals surface area (Å²) in [4.78, 5) is 15.6. The van der Waals surface area contributed by atoms with Gasteiger partial charge in [-0.15, -0.1) is 11.3 Å². The number of aromatic nitrogens is 1. The van der Waals surface area contributed by atoms with Crippen molar-refractivity contribution in [3.8, 4) is 0 Å². The molecule has 82 valence electrons. The molecule has 0 radical (unpaired) electrons. The lowest BCUT2D eigenvalue weighted by Crippen LogP contribution is -2.12. The minimum absolute atomic E-state index is 0.224. The van der Waals surface area contributed by atoms with Gasteiger partial charge in [-0.25, -0.2) is 4.98 Å². The van der Waals surface area contributed by atoms with Gasteiger partial charge in [-0.05, 0) is 34.1 Å². The van der Waals surface area contributed by atoms with Crippen molar-refractivity contribution in [2.45, 2.75) is 0 Å². The molecule has 2 aromatic rings. The van der Waals surface area contributed by atoms with Crippen molar-refractivity contribution in [1.29, 1.82) is 0 Å². The summed E-state index contributed by atoms with van der Waals surface area (Å²) in [6, 6.07) is 5.21. The largest absolute Gasteiger partial charge is 0.398 e. The van der Waals surface area contributed by atoms with E-state index in [0.717, 1.165) is 4.47 Å². The molecule has 0 aliphatic rings. The molecule has 1 aromatic heterocycles. The van der Waals surface area contributed by atoms with Gasteiger partial charge in [0.2, 0.25) is 0 Å². The minimum atomic E-state index is -0.224. The highest BCUT2D eigenvalue weighted by Gasteiger charge is 2.08. The molecule has 1 aromatic carbocycles. The maximum absolute atomic E-state index is 11.7. The molecule has 0 aliphatic heterocycles. The van der Waals surface area contributed by atoms with Crippen LogP contribution >= 0.6 is 27.3 Å². The Hall–Kier alpha value is -1.40. The zero-order valence-corrected chi connectivity index (χ0v) is 10.5. The molecule has 16 heavy (non-hydrogen) atoms. The van der Waals surface area contributed by atoms with Crippen LogP contribution in [0.15, 0.2) is 33.6 Å². The summed E-state index contributed by atoms with van der Waals surface area (Å²) in [5.41, 5.74) is 8.99. The maximum atomic E-state index is 11.7. The number of rotatable bonds is 2. The molecule has 0 fully saturated rings. The smallest absolute Gasteiger partial charge is 0.275 e. The monoisotopic (exact) mass is 297 g/mol. The van der Waals surface area contributed by atoms with Crippen LogP contribution in [0, 0.1) is 0 Å². The van der Waals surface area contributed by atoms with Gasteiger partial charge in [0.05, 0.1) is 5.51 Å². The number of benzene rings is 1. The average molecular weight is 298 g/mol. The van der Waals surface area contributed by atoms with Crippen LogP contribution < -0.4 is 11.1 Å². The molecule has 3 N–H and O–H groups in total. The SMILES string of the molecule is Nc1ccc(NC(=O)c2cscn2)cc1Br. The molecule has 0 bridgehead atoms. The Labute approximate surface area is 105 Å². The van der Waals surface area contributed by atoms with E-state index >= 15 is 0 Å². The number of halogens is 1. The Balaban J connectivity index is 2.15. The minimum Gasteiger partial charge on any atom is -0.398 e. The Morgan fingerprint density at radius 1 is 1.50 bits per heavy atom. The van der Waals surface area contributed by atoms with Gasteiger partial charge in [-0.2, -0.15) is 0 Å². The van der Waals surface area contributed by atoms with Gasteiger partial charge in [0.15, 0.2) is 0 Å². The summed E-state index contributed by atoms with van der Waals surface area (Å²) >= 11 is 4.68. The zero-order chi connectivity index (χ0) is 11.5. The number of thiazole rings is 1. The summed E-state index contributed by atoms with van der Waals surface area (Å²) < 4.78 is 0.753. The fraction of sp³-hybridized carbons (Fsp3) is 0. The van der Waals surface area contributed by atoms with E-state index in [1.807, 2.05) is 0 Å². The number of nitrogens with one attached hydrogen (secondary N) is 1. The predicted molar refractivity (Wildman–Crippen MR) is 68.6 cm³/mol. The van der Waals surface area contributed by atoms with Crippen LogP contribution in [0.4, 0.5) is 11.4 Å². The lowest BCUT2D eigenvalue weighted by Gasteiger charge is -2.05. The van der Waals surface area contributed by atoms with Crippen molar-refractivity contribution < 1.29 is 4.79 Å². The van der Waals surface area contributed by atoms with E-state index in [1.54, 1.807) is 29.1 Å². The number of hydrogen-bond donors (Lipinski definition) is 2. The Kier molecular flexibility index (Phi) is 3.21. The van der Waals surface area contributed by atoms with Crippen LogP contribution in [-0.4, -0.2) is 10.9 Å². The van der Waals surface area contributed by atoms with E-state index in [2.05, 4.69) is 26.2 Å². The van der Waals surface area contributed by atoms with Crippen LogP contribution in [0.25, 0.3) is 0 Å². The molecule has 6 heteroatoms. The number of amides is 1. The second kappa shape index (κ2) is 4.63. The summed E-state index contributed by atoms with van der Waals surface area (Å²) in [7, 11) is 0. The Bertz CT molecular complexity index is 513. The third-order valence-corrected chi connectivity index (χ3v) is 3.20. The van der Waals surface area contributed by atoms with Gasteiger partial charge in [0, 0.05) is 21.2 Å². The van der Waals surface area contributed by atoms with Gasteiger partial charge in [-0.3, -0.25) is 4.79 Å². The number of nitrogen functional groups attached to an aromatic ring is 1. The molecule has 4 nitrogen and oxygen atoms in total. The number of carbonyl (C=O) groups is 1. The van der Waals surface area contributed by atoms with E-state index in [0.29, 0.717) is 17.1 Å². The molecule has 0 saturated carbocycles. The molecule has 0 unspecified atom stereocenters. The standard InChI is InChI=1S/C10H8BrN3OS/c11-7-3-6(1-2-8(7)12)14-10(15)9-4-16-5-13-9/h1-5H,12H2,(H,14,15). The molecule has 0 atom stereocenters. The summed E-state index contributed by atoms with van der Waals surface area (Å²) in [5.74, 6) is -0.224. The summed E-state index contributed by atoms with van der Waals surface area (Å²) in [6.07, 6.45) is 0. The van der Waals surface area contributed by atoms with E-state index in [1.165, 1.54) is 11.3 Å². The average Bonchev–Trinajstić information content (AvgIpc) is 2.77. The van der Waals surface area contributed by atoms with E-state index in [4.69, 9.17) is 5.73 Å². The first-order valence-electron chi connectivity index (χ1n) is 4.41. The molecule has 0 aliphatic carbocycles. The first-order valence-corrected chi connectivity index (χ1v) is 6.15. The molecule has 2 rings (SSSR count). The van der Waals surface area contributed by atoms with Crippen LogP contribution in [0.1, 0.15) is 10.5 Å². The first kappa shape index (κ1) is 11.1. The van der Waals surface area contributed by atoms with E-state index in [9.17, 15) is 4.79 Å². The lowest BCUT2D eigenvalue weighted by atomic mass is 10.3. The fourth-order valence-corrected chi connectivity index (χ4v) is 2.04. The third kappa shape index (κ3) is 2.40. The van der Waals surface area contributed by atoms with Gasteiger partial charge in [0.1, 0.15) is 5.69 Å². The van der Waals surface area contributed by atoms with Gasteiger partial charge in [0.25, 0.3) is 5.91 Å². The second-order valence-corrected chi connectivity index (χ2v) is 4.64. The fourth-order valence-electron chi connectivity index (χ4n) is 1.12. The maximum Gasteiger partial charge on any atom is 0.275 e. The van der Waals surface area contributed by atoms with Crippen LogP contribution in [-0.2, 0) is 0 Å². The lowest BCUT2D eigenvalue weighted by molar-refractivity contribution is 0.102. The van der Waals surface area contributed by atoms with Gasteiger partial charge >= 0.3 is 0 Å². The quantitative estimate of drug-likeness (QED) is 0.838. The molecular weight excluding hydrogens is 290 g/mol. The van der Waals surface area contributed by atoms with Gasteiger partial charge < -0.3 is 11.1 Å². The van der Waals surface area contributed by atoms with Crippen LogP contribution in [0.3, 0.4) is 0 Å². The summed E-state index contributed by atoms with van der Waals surface area (Å²) in [5, 5.41) is 4.43. The highest BCUT2D eigenvalue weighted by molar-refractivity contribution is 9.10.